The van der Waals surface area contributed by atoms with Crippen LogP contribution in [0.2, 0.25) is 0 Å². The Kier molecular flexibility index (Phi) is 3.87. The van der Waals surface area contributed by atoms with Crippen molar-refractivity contribution in [3.63, 3.8) is 0 Å². The molecule has 1 N–H and O–H groups in total. The molecule has 0 saturated carbocycles. The summed E-state index contributed by atoms with van der Waals surface area (Å²) >= 11 is 0. The van der Waals surface area contributed by atoms with Gasteiger partial charge in [0.25, 0.3) is 0 Å². The molecule has 1 aromatic rings. The minimum Gasteiger partial charge on any atom is -0.472 e. The van der Waals surface area contributed by atoms with Crippen LogP contribution in [-0.2, 0) is 20.8 Å². The molecule has 3 heterocycles. The van der Waals surface area contributed by atoms with Gasteiger partial charge in [-0.05, 0) is 11.6 Å². The lowest BCUT2D eigenvalue weighted by atomic mass is 10.1. The predicted octanol–water partition coefficient (Wildman–Crippen LogP) is -0.373. The van der Waals surface area contributed by atoms with Crippen molar-refractivity contribution in [2.75, 3.05) is 26.7 Å². The second kappa shape index (κ2) is 5.82. The Hall–Kier alpha value is -2.31. The van der Waals surface area contributed by atoms with Gasteiger partial charge in [0.15, 0.2) is 0 Å². The third-order valence-electron chi connectivity index (χ3n) is 4.37. The Morgan fingerprint density at radius 2 is 2.14 bits per heavy atom. The number of furan rings is 1. The monoisotopic (exact) mass is 305 g/mol. The van der Waals surface area contributed by atoms with Crippen molar-refractivity contribution in [1.29, 1.82) is 0 Å². The number of likely N-dealkylation sites (tertiary alicyclic amines) is 2. The molecule has 0 aliphatic carbocycles. The van der Waals surface area contributed by atoms with Crippen LogP contribution >= 0.6 is 0 Å². The molecule has 118 valence electrons. The molecule has 0 bridgehead atoms. The summed E-state index contributed by atoms with van der Waals surface area (Å²) in [5.41, 5.74) is 0.852. The molecule has 3 rings (SSSR count). The zero-order valence-electron chi connectivity index (χ0n) is 12.4. The van der Waals surface area contributed by atoms with E-state index < -0.39 is 0 Å². The lowest BCUT2D eigenvalue weighted by Gasteiger charge is -2.44. The van der Waals surface area contributed by atoms with Crippen LogP contribution < -0.4 is 5.32 Å². The third-order valence-corrected chi connectivity index (χ3v) is 4.37. The van der Waals surface area contributed by atoms with Crippen LogP contribution in [0.3, 0.4) is 0 Å². The molecule has 1 unspecified atom stereocenters. The number of hydrogen-bond donors (Lipinski definition) is 1. The van der Waals surface area contributed by atoms with E-state index in [0.29, 0.717) is 26.1 Å². The topological polar surface area (TPSA) is 82.9 Å². The quantitative estimate of drug-likeness (QED) is 0.822. The number of amides is 3. The highest BCUT2D eigenvalue weighted by Gasteiger charge is 2.43. The molecular weight excluding hydrogens is 286 g/mol. The van der Waals surface area contributed by atoms with Crippen molar-refractivity contribution in [2.45, 2.75) is 18.9 Å². The standard InChI is InChI=1S/C15H19N3O4/c1-16-15(21)11-5-14(20)18(6-11)12-7-17(8-12)13(19)4-10-2-3-22-9-10/h2-3,9,11-12H,4-8H2,1H3,(H,16,21). The highest BCUT2D eigenvalue weighted by molar-refractivity contribution is 5.89. The smallest absolute Gasteiger partial charge is 0.227 e. The molecule has 2 aliphatic rings. The molecule has 7 nitrogen and oxygen atoms in total. The molecule has 2 fully saturated rings. The lowest BCUT2D eigenvalue weighted by molar-refractivity contribution is -0.143. The maximum atomic E-state index is 12.1. The largest absolute Gasteiger partial charge is 0.472 e. The predicted molar refractivity (Wildman–Crippen MR) is 76.7 cm³/mol. The van der Waals surface area contributed by atoms with Crippen molar-refractivity contribution < 1.29 is 18.8 Å². The van der Waals surface area contributed by atoms with E-state index in [1.165, 1.54) is 0 Å². The van der Waals surface area contributed by atoms with Gasteiger partial charge in [-0.1, -0.05) is 0 Å². The van der Waals surface area contributed by atoms with E-state index >= 15 is 0 Å². The normalized spacial score (nSPS) is 21.9. The van der Waals surface area contributed by atoms with Crippen LogP contribution in [0.5, 0.6) is 0 Å². The van der Waals surface area contributed by atoms with Crippen LogP contribution in [0.4, 0.5) is 0 Å². The first kappa shape index (κ1) is 14.6. The Morgan fingerprint density at radius 3 is 2.77 bits per heavy atom. The zero-order chi connectivity index (χ0) is 15.7. The van der Waals surface area contributed by atoms with Gasteiger partial charge in [-0.15, -0.1) is 0 Å². The molecule has 22 heavy (non-hydrogen) atoms. The van der Waals surface area contributed by atoms with Crippen molar-refractivity contribution >= 4 is 17.7 Å². The molecule has 2 saturated heterocycles. The first-order valence-electron chi connectivity index (χ1n) is 7.38. The van der Waals surface area contributed by atoms with E-state index in [2.05, 4.69) is 5.32 Å². The Labute approximate surface area is 128 Å². The summed E-state index contributed by atoms with van der Waals surface area (Å²) in [7, 11) is 1.58. The van der Waals surface area contributed by atoms with Gasteiger partial charge >= 0.3 is 0 Å². The second-order valence-electron chi connectivity index (χ2n) is 5.82. The fourth-order valence-corrected chi connectivity index (χ4v) is 3.00. The summed E-state index contributed by atoms with van der Waals surface area (Å²) in [5, 5.41) is 2.58. The highest BCUT2D eigenvalue weighted by atomic mass is 16.3. The fraction of sp³-hybridized carbons (Fsp3) is 0.533. The average Bonchev–Trinajstić information content (AvgIpc) is 3.07. The molecule has 3 amide bonds. The van der Waals surface area contributed by atoms with Crippen LogP contribution in [0, 0.1) is 5.92 Å². The van der Waals surface area contributed by atoms with E-state index in [0.717, 1.165) is 5.56 Å². The fourth-order valence-electron chi connectivity index (χ4n) is 3.00. The van der Waals surface area contributed by atoms with E-state index in [1.54, 1.807) is 35.4 Å². The Balaban J connectivity index is 1.50. The maximum Gasteiger partial charge on any atom is 0.227 e. The first-order chi connectivity index (χ1) is 10.6. The summed E-state index contributed by atoms with van der Waals surface area (Å²) < 4.78 is 4.95. The summed E-state index contributed by atoms with van der Waals surface area (Å²) in [4.78, 5) is 39.2. The number of rotatable bonds is 4. The molecule has 2 aliphatic heterocycles. The zero-order valence-corrected chi connectivity index (χ0v) is 12.4. The molecular formula is C15H19N3O4. The summed E-state index contributed by atoms with van der Waals surface area (Å²) in [5.74, 6) is -0.330. The van der Waals surface area contributed by atoms with Gasteiger partial charge in [0.1, 0.15) is 0 Å². The summed E-state index contributed by atoms with van der Waals surface area (Å²) in [6.07, 6.45) is 3.69. The van der Waals surface area contributed by atoms with Gasteiger partial charge < -0.3 is 19.5 Å². The SMILES string of the molecule is CNC(=O)C1CC(=O)N(C2CN(C(=O)Cc3ccoc3)C2)C1. The second-order valence-corrected chi connectivity index (χ2v) is 5.82. The molecule has 0 radical (unpaired) electrons. The molecule has 7 heteroatoms. The van der Waals surface area contributed by atoms with Crippen molar-refractivity contribution in [2.24, 2.45) is 5.92 Å². The van der Waals surface area contributed by atoms with E-state index in [9.17, 15) is 14.4 Å². The van der Waals surface area contributed by atoms with Gasteiger partial charge in [-0.2, -0.15) is 0 Å². The van der Waals surface area contributed by atoms with Crippen molar-refractivity contribution in [3.05, 3.63) is 24.2 Å². The number of nitrogens with one attached hydrogen (secondary N) is 1. The molecule has 0 spiro atoms. The van der Waals surface area contributed by atoms with Crippen LogP contribution in [0.15, 0.2) is 23.0 Å². The summed E-state index contributed by atoms with van der Waals surface area (Å²) in [6, 6.07) is 1.81. The third kappa shape index (κ3) is 2.70. The van der Waals surface area contributed by atoms with Crippen LogP contribution in [-0.4, -0.2) is 60.2 Å². The van der Waals surface area contributed by atoms with Gasteiger partial charge in [-0.25, -0.2) is 0 Å². The summed E-state index contributed by atoms with van der Waals surface area (Å²) in [6.45, 7) is 1.54. The van der Waals surface area contributed by atoms with Gasteiger partial charge in [0.2, 0.25) is 17.7 Å². The van der Waals surface area contributed by atoms with E-state index in [1.807, 2.05) is 0 Å². The minimum absolute atomic E-state index is 0.000494. The number of carbonyl (C=O) groups excluding carboxylic acids is 3. The van der Waals surface area contributed by atoms with Crippen molar-refractivity contribution in [3.8, 4) is 0 Å². The highest BCUT2D eigenvalue weighted by Crippen LogP contribution is 2.25. The van der Waals surface area contributed by atoms with Gasteiger partial charge in [0, 0.05) is 33.1 Å². The number of hydrogen-bond acceptors (Lipinski definition) is 4. The lowest BCUT2D eigenvalue weighted by Crippen LogP contribution is -2.61. The number of nitrogens with zero attached hydrogens (tertiary/aromatic N) is 2. The Morgan fingerprint density at radius 1 is 1.36 bits per heavy atom. The Bertz CT molecular complexity index is 578. The van der Waals surface area contributed by atoms with Crippen molar-refractivity contribution in [1.82, 2.24) is 15.1 Å². The number of carbonyl (C=O) groups is 3. The molecule has 1 aromatic heterocycles. The average molecular weight is 305 g/mol. The molecule has 0 aromatic carbocycles. The van der Waals surface area contributed by atoms with Crippen LogP contribution in [0.1, 0.15) is 12.0 Å². The van der Waals surface area contributed by atoms with Gasteiger partial charge in [-0.3, -0.25) is 14.4 Å². The minimum atomic E-state index is -0.270. The van der Waals surface area contributed by atoms with E-state index in [4.69, 9.17) is 4.42 Å². The first-order valence-corrected chi connectivity index (χ1v) is 7.38. The maximum absolute atomic E-state index is 12.1. The van der Waals surface area contributed by atoms with Gasteiger partial charge in [0.05, 0.1) is 30.9 Å². The van der Waals surface area contributed by atoms with E-state index in [-0.39, 0.29) is 36.1 Å². The van der Waals surface area contributed by atoms with Crippen LogP contribution in [0.25, 0.3) is 0 Å². The molecule has 1 atom stereocenters.